The first-order valence-corrected chi connectivity index (χ1v) is 10.0. The van der Waals surface area contributed by atoms with E-state index in [-0.39, 0.29) is 18.1 Å². The first-order chi connectivity index (χ1) is 14.2. The topological polar surface area (TPSA) is 151 Å². The van der Waals surface area contributed by atoms with E-state index in [1.165, 1.54) is 38.1 Å². The molecule has 2 amide bonds. The van der Waals surface area contributed by atoms with Crippen molar-refractivity contribution >= 4 is 29.5 Å². The summed E-state index contributed by atoms with van der Waals surface area (Å²) in [6.45, 7) is 1.77. The minimum Gasteiger partial charge on any atom is -0.508 e. The van der Waals surface area contributed by atoms with E-state index in [1.807, 2.05) is 0 Å². The number of phenolic OH excluding ortho intramolecular Hbond substituents is 1. The Bertz CT molecular complexity index is 935. The quantitative estimate of drug-likeness (QED) is 0.348. The molecule has 30 heavy (non-hydrogen) atoms. The van der Waals surface area contributed by atoms with Gasteiger partial charge in [-0.1, -0.05) is 6.07 Å². The molecule has 0 aromatic heterocycles. The predicted octanol–water partition coefficient (Wildman–Crippen LogP) is 0.271. The van der Waals surface area contributed by atoms with Gasteiger partial charge in [0.1, 0.15) is 22.9 Å². The molecule has 3 rings (SSSR count). The van der Waals surface area contributed by atoms with Crippen LogP contribution in [-0.4, -0.2) is 64.0 Å². The summed E-state index contributed by atoms with van der Waals surface area (Å²) < 4.78 is 10.4. The number of carboxylic acid groups (broad SMARTS) is 1. The fourth-order valence-electron chi connectivity index (χ4n) is 3.52. The van der Waals surface area contributed by atoms with Crippen LogP contribution in [0.2, 0.25) is 0 Å². The van der Waals surface area contributed by atoms with E-state index in [0.29, 0.717) is 22.5 Å². The second kappa shape index (κ2) is 8.26. The van der Waals surface area contributed by atoms with E-state index >= 15 is 0 Å². The molecule has 1 saturated heterocycles. The highest BCUT2D eigenvalue weighted by molar-refractivity contribution is 8.00. The zero-order chi connectivity index (χ0) is 22.2. The largest absolute Gasteiger partial charge is 0.508 e. The van der Waals surface area contributed by atoms with Crippen LogP contribution in [-0.2, 0) is 30.5 Å². The van der Waals surface area contributed by atoms with Gasteiger partial charge in [-0.15, -0.1) is 11.8 Å². The molecule has 1 fully saturated rings. The molecule has 3 atom stereocenters. The summed E-state index contributed by atoms with van der Waals surface area (Å²) >= 11 is 1.29. The fourth-order valence-corrected chi connectivity index (χ4v) is 4.90. The molecule has 2 heterocycles. The Hall–Kier alpha value is -2.60. The molecule has 3 unspecified atom stereocenters. The van der Waals surface area contributed by atoms with Crippen LogP contribution in [0.5, 0.6) is 5.75 Å². The molecule has 0 saturated carbocycles. The highest BCUT2D eigenvalue weighted by Gasteiger charge is 2.66. The number of methoxy groups -OCH3 is 2. The molecule has 0 bridgehead atoms. The second-order valence-electron chi connectivity index (χ2n) is 7.00. The van der Waals surface area contributed by atoms with Gasteiger partial charge in [-0.05, 0) is 30.2 Å². The number of phenols is 1. The van der Waals surface area contributed by atoms with Crippen LogP contribution in [0.15, 0.2) is 29.5 Å². The number of β-lactam (4-membered cyclic amide) rings is 1. The number of benzene rings is 1. The zero-order valence-corrected chi connectivity index (χ0v) is 17.5. The van der Waals surface area contributed by atoms with Crippen molar-refractivity contribution in [3.05, 3.63) is 40.6 Å². The number of carbonyl (C=O) groups excluding carboxylic acids is 2. The van der Waals surface area contributed by atoms with Crippen LogP contribution in [0.25, 0.3) is 0 Å². The number of nitrogens with zero attached hydrogens (tertiary/aromatic N) is 1. The molecule has 2 aliphatic rings. The number of hydrogen-bond acceptors (Lipinski definition) is 8. The van der Waals surface area contributed by atoms with Gasteiger partial charge in [0, 0.05) is 25.5 Å². The van der Waals surface area contributed by atoms with Crippen molar-refractivity contribution in [3.8, 4) is 5.75 Å². The third kappa shape index (κ3) is 3.43. The lowest BCUT2D eigenvalue weighted by atomic mass is 9.97. The SMILES string of the molecule is COCc1cc(C(N)C(=O)NC2(OC)C(=O)N3C(C(=O)O)=C(C)CSC32)ccc1O. The number of carbonyl (C=O) groups is 3. The van der Waals surface area contributed by atoms with Crippen LogP contribution >= 0.6 is 11.8 Å². The summed E-state index contributed by atoms with van der Waals surface area (Å²) in [5.41, 5.74) is 5.69. The number of ether oxygens (including phenoxy) is 2. The normalized spacial score (nSPS) is 24.2. The van der Waals surface area contributed by atoms with Gasteiger partial charge in [0.2, 0.25) is 5.91 Å². The van der Waals surface area contributed by atoms with Gasteiger partial charge < -0.3 is 30.7 Å². The minimum atomic E-state index is -1.72. The molecule has 1 aromatic carbocycles. The second-order valence-corrected chi connectivity index (χ2v) is 8.07. The standard InChI is InChI=1S/C19H23N3O7S/c1-9-8-30-18-19(29-3,17(27)22(18)14(9)16(25)26)21-15(24)13(20)10-4-5-12(23)11(6-10)7-28-2/h4-6,13,18,23H,7-8,20H2,1-3H3,(H,21,24)(H,25,26). The van der Waals surface area contributed by atoms with Crippen molar-refractivity contribution in [2.45, 2.75) is 30.7 Å². The highest BCUT2D eigenvalue weighted by atomic mass is 32.2. The number of hydrogen-bond donors (Lipinski definition) is 4. The Morgan fingerprint density at radius 1 is 1.43 bits per heavy atom. The summed E-state index contributed by atoms with van der Waals surface area (Å²) in [6, 6.07) is 3.29. The van der Waals surface area contributed by atoms with Gasteiger partial charge in [0.15, 0.2) is 0 Å². The Morgan fingerprint density at radius 2 is 2.13 bits per heavy atom. The Balaban J connectivity index is 1.83. The number of nitrogens with one attached hydrogen (secondary N) is 1. The monoisotopic (exact) mass is 437 g/mol. The molecule has 2 aliphatic heterocycles. The lowest BCUT2D eigenvalue weighted by Crippen LogP contribution is -2.81. The molecule has 10 nitrogen and oxygen atoms in total. The molecular weight excluding hydrogens is 414 g/mol. The highest BCUT2D eigenvalue weighted by Crippen LogP contribution is 2.46. The Kier molecular flexibility index (Phi) is 6.09. The maximum absolute atomic E-state index is 12.9. The van der Waals surface area contributed by atoms with E-state index in [9.17, 15) is 24.6 Å². The number of thioether (sulfide) groups is 1. The number of fused-ring (bicyclic) bond motifs is 1. The van der Waals surface area contributed by atoms with Crippen molar-refractivity contribution in [1.29, 1.82) is 0 Å². The molecular formula is C19H23N3O7S. The van der Waals surface area contributed by atoms with E-state index in [1.54, 1.807) is 13.0 Å². The van der Waals surface area contributed by atoms with E-state index in [4.69, 9.17) is 15.2 Å². The van der Waals surface area contributed by atoms with E-state index < -0.39 is 34.9 Å². The van der Waals surface area contributed by atoms with Crippen molar-refractivity contribution in [2.24, 2.45) is 5.73 Å². The number of aromatic hydroxyl groups is 1. The summed E-state index contributed by atoms with van der Waals surface area (Å²) in [5.74, 6) is -2.18. The molecule has 11 heteroatoms. The van der Waals surface area contributed by atoms with Crippen LogP contribution in [0, 0.1) is 0 Å². The van der Waals surface area contributed by atoms with Gasteiger partial charge in [0.25, 0.3) is 11.6 Å². The van der Waals surface area contributed by atoms with Gasteiger partial charge in [-0.2, -0.15) is 0 Å². The van der Waals surface area contributed by atoms with Gasteiger partial charge in [-0.25, -0.2) is 4.79 Å². The van der Waals surface area contributed by atoms with E-state index in [2.05, 4.69) is 5.32 Å². The van der Waals surface area contributed by atoms with Crippen molar-refractivity contribution in [2.75, 3.05) is 20.0 Å². The van der Waals surface area contributed by atoms with Gasteiger partial charge in [-0.3, -0.25) is 14.5 Å². The minimum absolute atomic E-state index is 0.00773. The number of rotatable bonds is 7. The third-order valence-corrected chi connectivity index (χ3v) is 6.56. The summed E-state index contributed by atoms with van der Waals surface area (Å²) in [6.07, 6.45) is 0. The van der Waals surface area contributed by atoms with Crippen molar-refractivity contribution < 1.29 is 34.1 Å². The molecule has 1 aromatic rings. The number of carboxylic acids is 1. The molecule has 0 aliphatic carbocycles. The molecule has 0 radical (unpaired) electrons. The van der Waals surface area contributed by atoms with E-state index in [0.717, 1.165) is 4.90 Å². The first-order valence-electron chi connectivity index (χ1n) is 8.99. The average molecular weight is 437 g/mol. The van der Waals surface area contributed by atoms with Crippen LogP contribution in [0.3, 0.4) is 0 Å². The van der Waals surface area contributed by atoms with Gasteiger partial charge >= 0.3 is 5.97 Å². The molecule has 5 N–H and O–H groups in total. The summed E-state index contributed by atoms with van der Waals surface area (Å²) in [4.78, 5) is 38.4. The first kappa shape index (κ1) is 22.1. The third-order valence-electron chi connectivity index (χ3n) is 5.10. The zero-order valence-electron chi connectivity index (χ0n) is 16.7. The lowest BCUT2D eigenvalue weighted by molar-refractivity contribution is -0.192. The van der Waals surface area contributed by atoms with Crippen LogP contribution in [0.4, 0.5) is 0 Å². The molecule has 162 valence electrons. The molecule has 0 spiro atoms. The number of amides is 2. The Labute approximate surface area is 177 Å². The summed E-state index contributed by atoms with van der Waals surface area (Å²) in [5, 5.41) is 21.2. The summed E-state index contributed by atoms with van der Waals surface area (Å²) in [7, 11) is 2.74. The number of nitrogens with two attached hydrogens (primary N) is 1. The van der Waals surface area contributed by atoms with Crippen molar-refractivity contribution in [3.63, 3.8) is 0 Å². The average Bonchev–Trinajstić information content (AvgIpc) is 2.72. The maximum Gasteiger partial charge on any atom is 0.352 e. The van der Waals surface area contributed by atoms with Crippen LogP contribution < -0.4 is 11.1 Å². The van der Waals surface area contributed by atoms with Crippen LogP contribution in [0.1, 0.15) is 24.1 Å². The number of aliphatic carboxylic acids is 1. The fraction of sp³-hybridized carbons (Fsp3) is 0.421. The Morgan fingerprint density at radius 3 is 2.73 bits per heavy atom. The maximum atomic E-state index is 12.9. The smallest absolute Gasteiger partial charge is 0.352 e. The van der Waals surface area contributed by atoms with Crippen molar-refractivity contribution in [1.82, 2.24) is 10.2 Å². The van der Waals surface area contributed by atoms with Gasteiger partial charge in [0.05, 0.1) is 6.61 Å². The lowest BCUT2D eigenvalue weighted by Gasteiger charge is -2.55. The predicted molar refractivity (Wildman–Crippen MR) is 107 cm³/mol.